The molecule has 0 aromatic heterocycles. The molecule has 274 valence electrons. The first-order valence-electron chi connectivity index (χ1n) is 17.2. The van der Waals surface area contributed by atoms with Gasteiger partial charge in [0, 0.05) is 35.6 Å². The van der Waals surface area contributed by atoms with Gasteiger partial charge in [0.05, 0.1) is 25.4 Å². The first kappa shape index (κ1) is 36.5. The van der Waals surface area contributed by atoms with Gasteiger partial charge in [-0.15, -0.1) is 0 Å². The van der Waals surface area contributed by atoms with Gasteiger partial charge in [0.25, 0.3) is 0 Å². The Bertz CT molecular complexity index is 1810. The molecule has 2 saturated heterocycles. The lowest BCUT2D eigenvalue weighted by molar-refractivity contribution is -0.154. The summed E-state index contributed by atoms with van der Waals surface area (Å²) in [5, 5.41) is 2.53. The van der Waals surface area contributed by atoms with Crippen LogP contribution in [0.3, 0.4) is 0 Å². The fourth-order valence-corrected chi connectivity index (χ4v) is 6.29. The van der Waals surface area contributed by atoms with Crippen molar-refractivity contribution in [1.82, 2.24) is 5.32 Å². The summed E-state index contributed by atoms with van der Waals surface area (Å²) in [6.45, 7) is 13.6. The Morgan fingerprint density at radius 3 is 1.98 bits per heavy atom. The maximum Gasteiger partial charge on any atom is 0.325 e. The molecule has 0 spiro atoms. The quantitative estimate of drug-likeness (QED) is 0.283. The zero-order valence-corrected chi connectivity index (χ0v) is 30.2. The zero-order valence-electron chi connectivity index (χ0n) is 30.2. The summed E-state index contributed by atoms with van der Waals surface area (Å²) in [4.78, 5) is 53.8. The standard InChI is InChI=1S/C38H46N2O11/c1-36(2,3)51-32(43)16-39-30(41)12-13-31(42)40-17-22-14-23(45-18-25-20-47-37(4,5)49-25)8-10-27(22)33-34(35(33)44)28-11-9-24(15-29(28)40)46-19-26-21-48-38(6,7)50-26/h8-11,14-15,25-26H,12-13,16-21H2,1-7H3,(H,39,41)/t25-,26-/m1/s1. The molecule has 13 heteroatoms. The van der Waals surface area contributed by atoms with Gasteiger partial charge in [-0.05, 0) is 83.9 Å². The Kier molecular flexibility index (Phi) is 10.0. The summed E-state index contributed by atoms with van der Waals surface area (Å²) < 4.78 is 40.5. The molecule has 2 atom stereocenters. The third-order valence-electron chi connectivity index (χ3n) is 8.57. The minimum absolute atomic E-state index is 0.0925. The minimum atomic E-state index is -0.706. The molecule has 0 unspecified atom stereocenters. The highest BCUT2D eigenvalue weighted by molar-refractivity contribution is 6.06. The molecule has 0 aliphatic carbocycles. The fraction of sp³-hybridized carbons (Fsp3) is 0.526. The van der Waals surface area contributed by atoms with Crippen LogP contribution in [0.15, 0.2) is 41.2 Å². The number of rotatable bonds is 11. The number of hydrogen-bond donors (Lipinski definition) is 1. The van der Waals surface area contributed by atoms with E-state index in [1.54, 1.807) is 49.9 Å². The van der Waals surface area contributed by atoms with Crippen LogP contribution < -0.4 is 25.1 Å². The van der Waals surface area contributed by atoms with Gasteiger partial charge in [-0.3, -0.25) is 19.2 Å². The molecule has 13 nitrogen and oxygen atoms in total. The molecular formula is C38H46N2O11. The second kappa shape index (κ2) is 14.0. The van der Waals surface area contributed by atoms with Gasteiger partial charge >= 0.3 is 5.97 Å². The lowest BCUT2D eigenvalue weighted by Gasteiger charge is -2.28. The monoisotopic (exact) mass is 706 g/mol. The Morgan fingerprint density at radius 1 is 0.843 bits per heavy atom. The molecule has 3 aliphatic heterocycles. The van der Waals surface area contributed by atoms with Crippen molar-refractivity contribution in [2.24, 2.45) is 0 Å². The van der Waals surface area contributed by atoms with Gasteiger partial charge in [0.15, 0.2) is 17.0 Å². The number of carbonyl (C=O) groups is 3. The SMILES string of the molecule is CC(C)(C)OC(=O)CNC(=O)CCC(=O)N1Cc2cc(OC[C@@H]3COC(C)(C)O3)ccc2-c2c(c2=O)-c2ccc(OC[C@@H]3COC(C)(C)O3)cc21. The van der Waals surface area contributed by atoms with E-state index in [9.17, 15) is 19.2 Å². The number of esters is 1. The molecule has 1 N–H and O–H groups in total. The maximum atomic E-state index is 14.1. The van der Waals surface area contributed by atoms with Crippen molar-refractivity contribution in [1.29, 1.82) is 0 Å². The normalized spacial score (nSPS) is 20.5. The summed E-state index contributed by atoms with van der Waals surface area (Å²) >= 11 is 0. The highest BCUT2D eigenvalue weighted by Gasteiger charge is 2.37. The van der Waals surface area contributed by atoms with Gasteiger partial charge < -0.3 is 43.4 Å². The van der Waals surface area contributed by atoms with Crippen LogP contribution in [0.5, 0.6) is 11.5 Å². The second-order valence-corrected chi connectivity index (χ2v) is 14.9. The van der Waals surface area contributed by atoms with Crippen LogP contribution in [-0.4, -0.2) is 80.1 Å². The van der Waals surface area contributed by atoms with Crippen LogP contribution >= 0.6 is 0 Å². The Labute approximate surface area is 297 Å². The third kappa shape index (κ3) is 8.96. The number of hydrogen-bond acceptors (Lipinski definition) is 11. The topological polar surface area (TPSA) is 148 Å². The van der Waals surface area contributed by atoms with E-state index in [0.717, 1.165) is 0 Å². The molecule has 3 aromatic carbocycles. The van der Waals surface area contributed by atoms with Crippen LogP contribution in [0.2, 0.25) is 0 Å². The molecule has 6 rings (SSSR count). The third-order valence-corrected chi connectivity index (χ3v) is 8.57. The van der Waals surface area contributed by atoms with Crippen molar-refractivity contribution in [3.05, 3.63) is 52.2 Å². The van der Waals surface area contributed by atoms with Crippen molar-refractivity contribution in [2.45, 2.75) is 97.2 Å². The number of nitrogens with zero attached hydrogens (tertiary/aromatic N) is 1. The van der Waals surface area contributed by atoms with E-state index in [2.05, 4.69) is 5.32 Å². The number of carbonyl (C=O) groups excluding carboxylic acids is 3. The number of ether oxygens (including phenoxy) is 7. The zero-order chi connectivity index (χ0) is 36.7. The maximum absolute atomic E-state index is 14.1. The van der Waals surface area contributed by atoms with E-state index in [1.807, 2.05) is 39.8 Å². The van der Waals surface area contributed by atoms with Crippen molar-refractivity contribution in [2.75, 3.05) is 37.9 Å². The molecule has 51 heavy (non-hydrogen) atoms. The van der Waals surface area contributed by atoms with Crippen LogP contribution in [0.1, 0.15) is 66.9 Å². The molecule has 3 heterocycles. The van der Waals surface area contributed by atoms with E-state index >= 15 is 0 Å². The summed E-state index contributed by atoms with van der Waals surface area (Å²) in [6, 6.07) is 10.7. The lowest BCUT2D eigenvalue weighted by atomic mass is 9.98. The summed E-state index contributed by atoms with van der Waals surface area (Å²) in [6.07, 6.45) is -0.858. The van der Waals surface area contributed by atoms with E-state index in [4.69, 9.17) is 33.2 Å². The van der Waals surface area contributed by atoms with Crippen molar-refractivity contribution in [3.63, 3.8) is 0 Å². The number of anilines is 1. The van der Waals surface area contributed by atoms with E-state index in [0.29, 0.717) is 58.2 Å². The average Bonchev–Trinajstić information content (AvgIpc) is 3.34. The molecule has 2 fully saturated rings. The van der Waals surface area contributed by atoms with Crippen LogP contribution in [0.25, 0.3) is 22.3 Å². The van der Waals surface area contributed by atoms with E-state index < -0.39 is 29.1 Å². The number of benzene rings is 2. The van der Waals surface area contributed by atoms with Gasteiger partial charge in [0.2, 0.25) is 11.8 Å². The first-order chi connectivity index (χ1) is 24.0. The molecule has 3 aliphatic rings. The predicted molar refractivity (Wildman–Crippen MR) is 186 cm³/mol. The molecule has 2 amide bonds. The van der Waals surface area contributed by atoms with Crippen molar-refractivity contribution in [3.8, 4) is 33.8 Å². The second-order valence-electron chi connectivity index (χ2n) is 14.9. The molecule has 3 aromatic rings. The lowest BCUT2D eigenvalue weighted by Crippen LogP contribution is -2.36. The predicted octanol–water partition coefficient (Wildman–Crippen LogP) is 4.40. The smallest absolute Gasteiger partial charge is 0.325 e. The Morgan fingerprint density at radius 2 is 1.41 bits per heavy atom. The summed E-state index contributed by atoms with van der Waals surface area (Å²) in [7, 11) is 0. The van der Waals surface area contributed by atoms with Gasteiger partial charge in [-0.1, -0.05) is 6.07 Å². The van der Waals surface area contributed by atoms with E-state index in [-0.39, 0.29) is 62.7 Å². The number of amides is 2. The Hall–Kier alpha value is -4.30. The average molecular weight is 707 g/mol. The molecule has 0 radical (unpaired) electrons. The number of fused-ring (bicyclic) bond motifs is 5. The van der Waals surface area contributed by atoms with Crippen molar-refractivity contribution >= 4 is 23.5 Å². The van der Waals surface area contributed by atoms with Crippen LogP contribution in [0, 0.1) is 0 Å². The molecule has 0 saturated carbocycles. The highest BCUT2D eigenvalue weighted by Crippen LogP contribution is 2.46. The highest BCUT2D eigenvalue weighted by atomic mass is 16.8. The largest absolute Gasteiger partial charge is 0.491 e. The molecule has 0 bridgehead atoms. The van der Waals surface area contributed by atoms with Gasteiger partial charge in [0.1, 0.15) is 49.1 Å². The first-order valence-corrected chi connectivity index (χ1v) is 17.2. The fourth-order valence-electron chi connectivity index (χ4n) is 6.29. The van der Waals surface area contributed by atoms with Gasteiger partial charge in [-0.2, -0.15) is 0 Å². The van der Waals surface area contributed by atoms with Crippen LogP contribution in [-0.2, 0) is 44.6 Å². The molecular weight excluding hydrogens is 660 g/mol. The van der Waals surface area contributed by atoms with Crippen molar-refractivity contribution < 1.29 is 47.5 Å². The van der Waals surface area contributed by atoms with Crippen LogP contribution in [0.4, 0.5) is 5.69 Å². The Balaban J connectivity index is 1.24. The summed E-state index contributed by atoms with van der Waals surface area (Å²) in [5.74, 6) is -1.78. The van der Waals surface area contributed by atoms with Gasteiger partial charge in [-0.25, -0.2) is 0 Å². The number of nitrogens with one attached hydrogen (secondary N) is 1. The minimum Gasteiger partial charge on any atom is -0.491 e. The summed E-state index contributed by atoms with van der Waals surface area (Å²) in [5.41, 5.74) is 2.80. The van der Waals surface area contributed by atoms with E-state index in [1.165, 1.54) is 0 Å².